The number of fused-ring (bicyclic) bond motifs is 3. The van der Waals surface area contributed by atoms with Gasteiger partial charge >= 0.3 is 0 Å². The molecule has 28 heavy (non-hydrogen) atoms. The number of benzene rings is 1. The number of aromatic nitrogens is 2. The molecule has 0 unspecified atom stereocenters. The van der Waals surface area contributed by atoms with Crippen molar-refractivity contribution in [2.45, 2.75) is 46.1 Å². The molecule has 0 fully saturated rings. The third kappa shape index (κ3) is 3.63. The van der Waals surface area contributed by atoms with Crippen molar-refractivity contribution in [1.82, 2.24) is 9.97 Å². The van der Waals surface area contributed by atoms with Crippen LogP contribution in [-0.4, -0.2) is 29.6 Å². The number of nitrogens with one attached hydrogen (secondary N) is 2. The van der Waals surface area contributed by atoms with Crippen LogP contribution in [-0.2, 0) is 12.8 Å². The van der Waals surface area contributed by atoms with Gasteiger partial charge in [0.25, 0.3) is 0 Å². The first kappa shape index (κ1) is 19.6. The Morgan fingerprint density at radius 3 is 2.71 bits per heavy atom. The summed E-state index contributed by atoms with van der Waals surface area (Å²) in [6.45, 7) is 9.37. The van der Waals surface area contributed by atoms with E-state index < -0.39 is 0 Å². The Labute approximate surface area is 176 Å². The lowest BCUT2D eigenvalue weighted by molar-refractivity contribution is -0.926. The Kier molecular flexibility index (Phi) is 5.85. The molecule has 0 spiro atoms. The maximum absolute atomic E-state index is 6.57. The van der Waals surface area contributed by atoms with Crippen LogP contribution in [0.2, 0.25) is 5.02 Å². The average Bonchev–Trinajstić information content (AvgIpc) is 3.26. The lowest BCUT2D eigenvalue weighted by Gasteiger charge is -2.28. The van der Waals surface area contributed by atoms with Crippen LogP contribution >= 0.6 is 22.9 Å². The third-order valence-corrected chi connectivity index (χ3v) is 7.36. The molecule has 3 aromatic rings. The SMILES string of the molecule is CC[NH+](CC)[C@H](CNc1nc(C)nc2sc3c(c12)CCC3)c1ccccc1Cl. The number of halogens is 1. The standard InChI is InChI=1S/C22H27ClN4S/c1-4-27(5-2)18(15-9-6-7-11-17(15)23)13-24-21-20-16-10-8-12-19(16)28-22(20)26-14(3)25-21/h6-7,9,11,18H,4-5,8,10,12-13H2,1-3H3,(H,24,25,26)/p+1/t18-/m1/s1. The van der Waals surface area contributed by atoms with Gasteiger partial charge < -0.3 is 10.2 Å². The zero-order valence-corrected chi connectivity index (χ0v) is 18.4. The van der Waals surface area contributed by atoms with E-state index >= 15 is 0 Å². The molecule has 0 saturated carbocycles. The highest BCUT2D eigenvalue weighted by Gasteiger charge is 2.26. The summed E-state index contributed by atoms with van der Waals surface area (Å²) in [5, 5.41) is 5.78. The molecule has 148 valence electrons. The van der Waals surface area contributed by atoms with E-state index in [1.807, 2.05) is 30.4 Å². The summed E-state index contributed by atoms with van der Waals surface area (Å²) in [5.74, 6) is 1.82. The highest BCUT2D eigenvalue weighted by atomic mass is 35.5. The summed E-state index contributed by atoms with van der Waals surface area (Å²) in [6, 6.07) is 8.51. The average molecular weight is 416 g/mol. The van der Waals surface area contributed by atoms with Gasteiger partial charge in [0.05, 0.1) is 25.0 Å². The smallest absolute Gasteiger partial charge is 0.139 e. The number of likely N-dealkylation sites (N-methyl/N-ethyl adjacent to an activating group) is 1. The normalized spacial score (nSPS) is 14.6. The van der Waals surface area contributed by atoms with Crippen LogP contribution in [0.3, 0.4) is 0 Å². The Bertz CT molecular complexity index is 980. The number of hydrogen-bond donors (Lipinski definition) is 2. The molecule has 0 amide bonds. The van der Waals surface area contributed by atoms with Crippen LogP contribution in [0.5, 0.6) is 0 Å². The van der Waals surface area contributed by atoms with Crippen LogP contribution in [0.1, 0.15) is 48.1 Å². The van der Waals surface area contributed by atoms with Gasteiger partial charge in [-0.05, 0) is 51.7 Å². The highest BCUT2D eigenvalue weighted by molar-refractivity contribution is 7.19. The van der Waals surface area contributed by atoms with Crippen LogP contribution < -0.4 is 10.2 Å². The minimum Gasteiger partial charge on any atom is -0.363 e. The first-order chi connectivity index (χ1) is 13.6. The van der Waals surface area contributed by atoms with E-state index in [1.165, 1.54) is 39.1 Å². The molecule has 0 radical (unpaired) electrons. The van der Waals surface area contributed by atoms with Gasteiger partial charge in [-0.25, -0.2) is 9.97 Å². The summed E-state index contributed by atoms with van der Waals surface area (Å²) in [4.78, 5) is 13.6. The minimum atomic E-state index is 0.278. The monoisotopic (exact) mass is 415 g/mol. The molecule has 1 aliphatic carbocycles. The molecule has 2 heterocycles. The van der Waals surface area contributed by atoms with Crippen LogP contribution in [0.15, 0.2) is 24.3 Å². The molecule has 1 atom stereocenters. The van der Waals surface area contributed by atoms with Gasteiger partial charge in [-0.1, -0.05) is 29.8 Å². The molecular formula is C22H28ClN4S+. The predicted molar refractivity (Wildman–Crippen MR) is 119 cm³/mol. The number of quaternary nitrogens is 1. The van der Waals surface area contributed by atoms with Crippen molar-refractivity contribution >= 4 is 39.0 Å². The second-order valence-corrected chi connectivity index (χ2v) is 8.97. The zero-order valence-electron chi connectivity index (χ0n) is 16.8. The van der Waals surface area contributed by atoms with Gasteiger partial charge in [0.1, 0.15) is 22.5 Å². The van der Waals surface area contributed by atoms with E-state index in [-0.39, 0.29) is 6.04 Å². The number of aryl methyl sites for hydroxylation is 3. The van der Waals surface area contributed by atoms with Gasteiger partial charge in [-0.2, -0.15) is 0 Å². The highest BCUT2D eigenvalue weighted by Crippen LogP contribution is 2.39. The van der Waals surface area contributed by atoms with Crippen molar-refractivity contribution < 1.29 is 4.90 Å². The minimum absolute atomic E-state index is 0.278. The molecule has 0 saturated heterocycles. The van der Waals surface area contributed by atoms with Crippen molar-refractivity contribution in [3.63, 3.8) is 0 Å². The van der Waals surface area contributed by atoms with E-state index in [0.717, 1.165) is 47.6 Å². The van der Waals surface area contributed by atoms with E-state index in [0.29, 0.717) is 0 Å². The van der Waals surface area contributed by atoms with Gasteiger partial charge in [-0.3, -0.25) is 0 Å². The van der Waals surface area contributed by atoms with Crippen LogP contribution in [0.4, 0.5) is 5.82 Å². The molecule has 1 aromatic carbocycles. The molecule has 0 aliphatic heterocycles. The van der Waals surface area contributed by atoms with Crippen molar-refractivity contribution in [2.75, 3.05) is 25.0 Å². The van der Waals surface area contributed by atoms with E-state index in [4.69, 9.17) is 21.6 Å². The first-order valence-corrected chi connectivity index (χ1v) is 11.4. The van der Waals surface area contributed by atoms with E-state index in [1.54, 1.807) is 0 Å². The topological polar surface area (TPSA) is 42.2 Å². The summed E-state index contributed by atoms with van der Waals surface area (Å²) in [7, 11) is 0. The predicted octanol–water partition coefficient (Wildman–Crippen LogP) is 4.22. The lowest BCUT2D eigenvalue weighted by atomic mass is 10.0. The molecule has 2 N–H and O–H groups in total. The zero-order chi connectivity index (χ0) is 19.7. The molecule has 0 bridgehead atoms. The number of nitrogens with zero attached hydrogens (tertiary/aromatic N) is 2. The number of anilines is 1. The van der Waals surface area contributed by atoms with E-state index in [9.17, 15) is 0 Å². The maximum Gasteiger partial charge on any atom is 0.139 e. The number of rotatable bonds is 7. The lowest BCUT2D eigenvalue weighted by Crippen LogP contribution is -3.12. The molecule has 2 aromatic heterocycles. The summed E-state index contributed by atoms with van der Waals surface area (Å²) >= 11 is 8.42. The van der Waals surface area contributed by atoms with Crippen molar-refractivity contribution in [3.8, 4) is 0 Å². The Morgan fingerprint density at radius 1 is 1.18 bits per heavy atom. The quantitative estimate of drug-likeness (QED) is 0.607. The van der Waals surface area contributed by atoms with Gasteiger partial charge in [0.15, 0.2) is 0 Å². The summed E-state index contributed by atoms with van der Waals surface area (Å²) < 4.78 is 0. The largest absolute Gasteiger partial charge is 0.363 e. The third-order valence-electron chi connectivity index (χ3n) is 5.83. The molecule has 4 nitrogen and oxygen atoms in total. The van der Waals surface area contributed by atoms with Gasteiger partial charge in [0.2, 0.25) is 0 Å². The molecule has 4 rings (SSSR count). The molecule has 6 heteroatoms. The van der Waals surface area contributed by atoms with Crippen molar-refractivity contribution in [2.24, 2.45) is 0 Å². The second kappa shape index (κ2) is 8.36. The second-order valence-electron chi connectivity index (χ2n) is 7.48. The Hall–Kier alpha value is -1.69. The van der Waals surface area contributed by atoms with Gasteiger partial charge in [-0.15, -0.1) is 11.3 Å². The number of thiophene rings is 1. The van der Waals surface area contributed by atoms with E-state index in [2.05, 4.69) is 31.3 Å². The van der Waals surface area contributed by atoms with Crippen LogP contribution in [0.25, 0.3) is 10.2 Å². The van der Waals surface area contributed by atoms with Gasteiger partial charge in [0, 0.05) is 15.5 Å². The Balaban J connectivity index is 1.69. The summed E-state index contributed by atoms with van der Waals surface area (Å²) in [6.07, 6.45) is 3.57. The number of hydrogen-bond acceptors (Lipinski definition) is 4. The first-order valence-electron chi connectivity index (χ1n) is 10.2. The summed E-state index contributed by atoms with van der Waals surface area (Å²) in [5.41, 5.74) is 2.67. The molecular weight excluding hydrogens is 388 g/mol. The maximum atomic E-state index is 6.57. The molecule has 1 aliphatic rings. The fraction of sp³-hybridized carbons (Fsp3) is 0.455. The van der Waals surface area contributed by atoms with Crippen molar-refractivity contribution in [1.29, 1.82) is 0 Å². The van der Waals surface area contributed by atoms with Crippen molar-refractivity contribution in [3.05, 3.63) is 51.1 Å². The fourth-order valence-corrected chi connectivity index (χ4v) is 5.98. The van der Waals surface area contributed by atoms with Crippen LogP contribution in [0, 0.1) is 6.92 Å². The Morgan fingerprint density at radius 2 is 1.96 bits per heavy atom. The fourth-order valence-electron chi connectivity index (χ4n) is 4.40.